The van der Waals surface area contributed by atoms with Gasteiger partial charge in [0.05, 0.1) is 0 Å². The molecule has 0 aromatic carbocycles. The third kappa shape index (κ3) is 4.61. The van der Waals surface area contributed by atoms with Gasteiger partial charge in [-0.15, -0.1) is 0 Å². The van der Waals surface area contributed by atoms with E-state index in [9.17, 15) is 0 Å². The third-order valence-corrected chi connectivity index (χ3v) is 2.23. The van der Waals surface area contributed by atoms with Crippen LogP contribution in [0.5, 0.6) is 0 Å². The summed E-state index contributed by atoms with van der Waals surface area (Å²) in [6.07, 6.45) is 9.42. The van der Waals surface area contributed by atoms with Crippen molar-refractivity contribution in [3.63, 3.8) is 0 Å². The zero-order valence-corrected chi connectivity index (χ0v) is 9.93. The Kier molecular flexibility index (Phi) is 7.50. The molecule has 80 valence electrons. The highest BCUT2D eigenvalue weighted by molar-refractivity contribution is 5.04. The maximum atomic E-state index is 2.30. The molecule has 2 heteroatoms. The monoisotopic (exact) mass is 213 g/mol. The van der Waals surface area contributed by atoms with E-state index in [1.54, 1.807) is 0 Å². The van der Waals surface area contributed by atoms with Crippen molar-refractivity contribution in [1.29, 1.82) is 0 Å². The highest BCUT2D eigenvalue weighted by Gasteiger charge is 2.00. The molecule has 0 saturated heterocycles. The van der Waals surface area contributed by atoms with Crippen LogP contribution >= 0.6 is 0 Å². The van der Waals surface area contributed by atoms with Gasteiger partial charge in [0, 0.05) is 18.1 Å². The largest absolute Gasteiger partial charge is 1.00 e. The number of halogens is 1. The Morgan fingerprint density at radius 3 is 2.64 bits per heavy atom. The van der Waals surface area contributed by atoms with Crippen molar-refractivity contribution in [3.05, 3.63) is 30.1 Å². The third-order valence-electron chi connectivity index (χ3n) is 2.23. The number of unbranched alkanes of at least 4 members (excludes halogenated alkanes) is 1. The fourth-order valence-electron chi connectivity index (χ4n) is 1.49. The molecule has 0 amide bonds. The lowest BCUT2D eigenvalue weighted by atomic mass is 10.2. The fraction of sp³-hybridized carbons (Fsp3) is 0.583. The first kappa shape index (κ1) is 13.4. The van der Waals surface area contributed by atoms with Crippen molar-refractivity contribution in [2.45, 2.75) is 46.1 Å². The number of aryl methyl sites for hydroxylation is 2. The molecular formula is C12H20ClN. The number of aromatic nitrogens is 1. The molecule has 0 saturated carbocycles. The highest BCUT2D eigenvalue weighted by Crippen LogP contribution is 1.98. The molecule has 0 aliphatic heterocycles. The second-order valence-corrected chi connectivity index (χ2v) is 3.55. The predicted molar refractivity (Wildman–Crippen MR) is 55.5 cm³/mol. The molecule has 0 N–H and O–H groups in total. The van der Waals surface area contributed by atoms with Gasteiger partial charge in [-0.1, -0.05) is 26.7 Å². The summed E-state index contributed by atoms with van der Waals surface area (Å²) in [5, 5.41) is 0. The zero-order valence-electron chi connectivity index (χ0n) is 9.17. The van der Waals surface area contributed by atoms with Gasteiger partial charge in [-0.3, -0.25) is 0 Å². The first-order valence-corrected chi connectivity index (χ1v) is 5.34. The normalized spacial score (nSPS) is 9.57. The van der Waals surface area contributed by atoms with E-state index in [1.807, 2.05) is 0 Å². The second kappa shape index (κ2) is 7.81. The van der Waals surface area contributed by atoms with Gasteiger partial charge in [-0.05, 0) is 12.5 Å². The number of hydrogen-bond acceptors (Lipinski definition) is 0. The molecule has 1 nitrogen and oxygen atoms in total. The van der Waals surface area contributed by atoms with Gasteiger partial charge < -0.3 is 12.4 Å². The van der Waals surface area contributed by atoms with Gasteiger partial charge in [-0.2, -0.15) is 0 Å². The first-order valence-electron chi connectivity index (χ1n) is 5.34. The summed E-state index contributed by atoms with van der Waals surface area (Å²) in [7, 11) is 0. The minimum Gasteiger partial charge on any atom is -1.00 e. The number of nitrogens with zero attached hydrogens (tertiary/aromatic N) is 1. The van der Waals surface area contributed by atoms with E-state index in [2.05, 4.69) is 42.9 Å². The second-order valence-electron chi connectivity index (χ2n) is 3.55. The van der Waals surface area contributed by atoms with Gasteiger partial charge in [0.1, 0.15) is 6.54 Å². The first-order chi connectivity index (χ1) is 6.36. The van der Waals surface area contributed by atoms with E-state index in [0.717, 1.165) is 6.54 Å². The van der Waals surface area contributed by atoms with Crippen molar-refractivity contribution in [3.8, 4) is 0 Å². The Morgan fingerprint density at radius 1 is 1.21 bits per heavy atom. The molecule has 0 aliphatic rings. The van der Waals surface area contributed by atoms with Gasteiger partial charge in [0.15, 0.2) is 12.4 Å². The standard InChI is InChI=1S/C12H20N.ClH/c1-3-5-9-13-10-6-8-12(11-13)7-4-2;/h6,8,10-11H,3-5,7,9H2,1-2H3;1H/q+1;/p-1. The molecule has 14 heavy (non-hydrogen) atoms. The number of pyridine rings is 1. The van der Waals surface area contributed by atoms with Gasteiger partial charge in [0.25, 0.3) is 0 Å². The summed E-state index contributed by atoms with van der Waals surface area (Å²) < 4.78 is 2.30. The topological polar surface area (TPSA) is 3.88 Å². The summed E-state index contributed by atoms with van der Waals surface area (Å²) in [5.74, 6) is 0. The Bertz CT molecular complexity index is 248. The maximum Gasteiger partial charge on any atom is 0.171 e. The molecule has 0 spiro atoms. The van der Waals surface area contributed by atoms with Crippen LogP contribution in [0.2, 0.25) is 0 Å². The van der Waals surface area contributed by atoms with Crippen LogP contribution in [0.25, 0.3) is 0 Å². The van der Waals surface area contributed by atoms with Crippen molar-refractivity contribution >= 4 is 0 Å². The summed E-state index contributed by atoms with van der Waals surface area (Å²) in [5.41, 5.74) is 1.46. The summed E-state index contributed by atoms with van der Waals surface area (Å²) in [4.78, 5) is 0. The lowest BCUT2D eigenvalue weighted by Crippen LogP contribution is -3.00. The summed E-state index contributed by atoms with van der Waals surface area (Å²) >= 11 is 0. The molecule has 0 bridgehead atoms. The van der Waals surface area contributed by atoms with Crippen LogP contribution in [0.3, 0.4) is 0 Å². The van der Waals surface area contributed by atoms with Crippen LogP contribution in [0, 0.1) is 0 Å². The Morgan fingerprint density at radius 2 is 2.00 bits per heavy atom. The molecule has 0 atom stereocenters. The molecule has 0 fully saturated rings. The predicted octanol–water partition coefficient (Wildman–Crippen LogP) is -0.269. The van der Waals surface area contributed by atoms with Crippen LogP contribution in [-0.4, -0.2) is 0 Å². The molecule has 1 heterocycles. The smallest absolute Gasteiger partial charge is 0.171 e. The van der Waals surface area contributed by atoms with Crippen LogP contribution in [0.4, 0.5) is 0 Å². The van der Waals surface area contributed by atoms with E-state index in [0.29, 0.717) is 0 Å². The number of rotatable bonds is 5. The Balaban J connectivity index is 0.00000169. The number of hydrogen-bond donors (Lipinski definition) is 0. The van der Waals surface area contributed by atoms with Crippen molar-refractivity contribution in [2.24, 2.45) is 0 Å². The van der Waals surface area contributed by atoms with Crippen LogP contribution in [0.1, 0.15) is 38.7 Å². The zero-order chi connectivity index (χ0) is 9.52. The molecule has 1 rings (SSSR count). The van der Waals surface area contributed by atoms with E-state index in [-0.39, 0.29) is 12.4 Å². The Hall–Kier alpha value is -0.560. The SMILES string of the molecule is CCCC[n+]1cccc(CCC)c1.[Cl-]. The average Bonchev–Trinajstić information content (AvgIpc) is 2.16. The van der Waals surface area contributed by atoms with Crippen molar-refractivity contribution < 1.29 is 17.0 Å². The molecule has 0 unspecified atom stereocenters. The van der Waals surface area contributed by atoms with Crippen molar-refractivity contribution in [2.75, 3.05) is 0 Å². The molecule has 0 aliphatic carbocycles. The molecule has 0 radical (unpaired) electrons. The van der Waals surface area contributed by atoms with Crippen molar-refractivity contribution in [1.82, 2.24) is 0 Å². The quantitative estimate of drug-likeness (QED) is 0.594. The molecule has 1 aromatic heterocycles. The maximum absolute atomic E-state index is 2.30. The van der Waals surface area contributed by atoms with E-state index >= 15 is 0 Å². The van der Waals surface area contributed by atoms with Crippen LogP contribution in [-0.2, 0) is 13.0 Å². The van der Waals surface area contributed by atoms with Gasteiger partial charge in [0.2, 0.25) is 0 Å². The molecule has 1 aromatic rings. The average molecular weight is 214 g/mol. The van der Waals surface area contributed by atoms with E-state index < -0.39 is 0 Å². The summed E-state index contributed by atoms with van der Waals surface area (Å²) in [6, 6.07) is 4.37. The highest BCUT2D eigenvalue weighted by atomic mass is 35.5. The molecular weight excluding hydrogens is 194 g/mol. The van der Waals surface area contributed by atoms with Gasteiger partial charge >= 0.3 is 0 Å². The minimum atomic E-state index is 0. The van der Waals surface area contributed by atoms with Crippen LogP contribution < -0.4 is 17.0 Å². The minimum absolute atomic E-state index is 0. The van der Waals surface area contributed by atoms with E-state index in [4.69, 9.17) is 0 Å². The lowest BCUT2D eigenvalue weighted by Gasteiger charge is -1.98. The van der Waals surface area contributed by atoms with Gasteiger partial charge in [-0.25, -0.2) is 4.57 Å². The van der Waals surface area contributed by atoms with Crippen LogP contribution in [0.15, 0.2) is 24.5 Å². The summed E-state index contributed by atoms with van der Waals surface area (Å²) in [6.45, 7) is 5.62. The Labute approximate surface area is 93.6 Å². The van der Waals surface area contributed by atoms with E-state index in [1.165, 1.54) is 31.2 Å². The lowest BCUT2D eigenvalue weighted by molar-refractivity contribution is -0.697. The fourth-order valence-corrected chi connectivity index (χ4v) is 1.49.